The van der Waals surface area contributed by atoms with E-state index in [1.807, 2.05) is 6.92 Å². The zero-order chi connectivity index (χ0) is 14.4. The minimum Gasteiger partial charge on any atom is -0.383 e. The van der Waals surface area contributed by atoms with Crippen LogP contribution in [-0.2, 0) is 4.74 Å². The second-order valence-electron chi connectivity index (χ2n) is 3.78. The first-order valence-corrected chi connectivity index (χ1v) is 5.78. The first kappa shape index (κ1) is 15.1. The van der Waals surface area contributed by atoms with E-state index in [1.54, 1.807) is 18.9 Å². The van der Waals surface area contributed by atoms with Crippen molar-refractivity contribution in [3.05, 3.63) is 15.8 Å². The standard InChI is InChI=1S/C10H18N6O3/c1-4-15(5-6-19-3)9-8(16(17)18)7(2)12-10(13-9)14-11/h4-6,11H2,1-3H3,(H,12,13,14). The van der Waals surface area contributed by atoms with E-state index in [2.05, 4.69) is 15.4 Å². The van der Waals surface area contributed by atoms with Crippen LogP contribution >= 0.6 is 0 Å². The van der Waals surface area contributed by atoms with Crippen molar-refractivity contribution in [3.63, 3.8) is 0 Å². The van der Waals surface area contributed by atoms with Gasteiger partial charge in [-0.15, -0.1) is 0 Å². The molecule has 0 aromatic carbocycles. The van der Waals surface area contributed by atoms with E-state index in [4.69, 9.17) is 10.6 Å². The molecule has 0 radical (unpaired) electrons. The molecule has 1 rings (SSSR count). The molecule has 0 saturated carbocycles. The minimum absolute atomic E-state index is 0.114. The van der Waals surface area contributed by atoms with E-state index in [1.165, 1.54) is 0 Å². The fourth-order valence-corrected chi connectivity index (χ4v) is 1.67. The lowest BCUT2D eigenvalue weighted by Crippen LogP contribution is -2.29. The fourth-order valence-electron chi connectivity index (χ4n) is 1.67. The Labute approximate surface area is 110 Å². The van der Waals surface area contributed by atoms with E-state index in [0.29, 0.717) is 19.7 Å². The molecule has 0 spiro atoms. The quantitative estimate of drug-likeness (QED) is 0.416. The van der Waals surface area contributed by atoms with Crippen LogP contribution in [0, 0.1) is 17.0 Å². The Morgan fingerprint density at radius 1 is 1.53 bits per heavy atom. The topological polar surface area (TPSA) is 119 Å². The number of hydrogen-bond acceptors (Lipinski definition) is 8. The first-order chi connectivity index (χ1) is 9.04. The molecular weight excluding hydrogens is 252 g/mol. The van der Waals surface area contributed by atoms with Crippen LogP contribution in [0.5, 0.6) is 0 Å². The second-order valence-corrected chi connectivity index (χ2v) is 3.78. The van der Waals surface area contributed by atoms with E-state index >= 15 is 0 Å². The zero-order valence-electron chi connectivity index (χ0n) is 11.2. The molecular formula is C10H18N6O3. The molecule has 0 bridgehead atoms. The number of methoxy groups -OCH3 is 1. The smallest absolute Gasteiger partial charge is 0.332 e. The van der Waals surface area contributed by atoms with Crippen molar-refractivity contribution in [1.29, 1.82) is 0 Å². The number of nitro groups is 1. The maximum atomic E-state index is 11.2. The molecule has 0 saturated heterocycles. The minimum atomic E-state index is -0.486. The summed E-state index contributed by atoms with van der Waals surface area (Å²) in [7, 11) is 1.57. The average molecular weight is 270 g/mol. The molecule has 0 fully saturated rings. The summed E-state index contributed by atoms with van der Waals surface area (Å²) in [5.74, 6) is 5.66. The Balaban J connectivity index is 3.27. The highest BCUT2D eigenvalue weighted by Crippen LogP contribution is 2.29. The van der Waals surface area contributed by atoms with Crippen molar-refractivity contribution < 1.29 is 9.66 Å². The number of ether oxygens (including phenoxy) is 1. The van der Waals surface area contributed by atoms with Crippen LogP contribution in [0.25, 0.3) is 0 Å². The molecule has 0 amide bonds. The van der Waals surface area contributed by atoms with Crippen molar-refractivity contribution in [2.24, 2.45) is 5.84 Å². The third-order valence-electron chi connectivity index (χ3n) is 2.60. The van der Waals surface area contributed by atoms with Gasteiger partial charge in [0.1, 0.15) is 5.69 Å². The summed E-state index contributed by atoms with van der Waals surface area (Å²) >= 11 is 0. The summed E-state index contributed by atoms with van der Waals surface area (Å²) in [6.45, 7) is 4.93. The summed E-state index contributed by atoms with van der Waals surface area (Å²) in [6, 6.07) is 0. The third-order valence-corrected chi connectivity index (χ3v) is 2.60. The predicted molar refractivity (Wildman–Crippen MR) is 71.0 cm³/mol. The van der Waals surface area contributed by atoms with Gasteiger partial charge in [0, 0.05) is 20.2 Å². The molecule has 9 nitrogen and oxygen atoms in total. The molecule has 0 aliphatic carbocycles. The predicted octanol–water partition coefficient (Wildman–Crippen LogP) is 0.452. The number of aryl methyl sites for hydroxylation is 1. The lowest BCUT2D eigenvalue weighted by molar-refractivity contribution is -0.385. The molecule has 0 aliphatic rings. The van der Waals surface area contributed by atoms with Gasteiger partial charge < -0.3 is 9.64 Å². The van der Waals surface area contributed by atoms with Gasteiger partial charge in [-0.3, -0.25) is 15.5 Å². The molecule has 0 atom stereocenters. The van der Waals surface area contributed by atoms with Gasteiger partial charge in [0.05, 0.1) is 11.5 Å². The van der Waals surface area contributed by atoms with Crippen LogP contribution in [0.3, 0.4) is 0 Å². The summed E-state index contributed by atoms with van der Waals surface area (Å²) < 4.78 is 4.99. The highest BCUT2D eigenvalue weighted by atomic mass is 16.6. The summed E-state index contributed by atoms with van der Waals surface area (Å²) in [6.07, 6.45) is 0. The van der Waals surface area contributed by atoms with E-state index in [0.717, 1.165) is 0 Å². The van der Waals surface area contributed by atoms with Crippen molar-refractivity contribution in [1.82, 2.24) is 9.97 Å². The molecule has 106 valence electrons. The fraction of sp³-hybridized carbons (Fsp3) is 0.600. The Morgan fingerprint density at radius 3 is 2.68 bits per heavy atom. The van der Waals surface area contributed by atoms with Gasteiger partial charge in [0.15, 0.2) is 0 Å². The normalized spacial score (nSPS) is 10.3. The third kappa shape index (κ3) is 3.48. The average Bonchev–Trinajstić information content (AvgIpc) is 2.38. The van der Waals surface area contributed by atoms with Crippen molar-refractivity contribution in [2.75, 3.05) is 37.1 Å². The number of aromatic nitrogens is 2. The Kier molecular flexibility index (Phi) is 5.39. The van der Waals surface area contributed by atoms with Gasteiger partial charge in [-0.25, -0.2) is 10.8 Å². The van der Waals surface area contributed by atoms with E-state index in [9.17, 15) is 10.1 Å². The van der Waals surface area contributed by atoms with Crippen LogP contribution in [-0.4, -0.2) is 41.7 Å². The lowest BCUT2D eigenvalue weighted by Gasteiger charge is -2.21. The van der Waals surface area contributed by atoms with Crippen molar-refractivity contribution in [3.8, 4) is 0 Å². The number of likely N-dealkylation sites (N-methyl/N-ethyl adjacent to an activating group) is 1. The molecule has 0 unspecified atom stereocenters. The number of hydrogen-bond donors (Lipinski definition) is 2. The number of nitrogens with one attached hydrogen (secondary N) is 1. The van der Waals surface area contributed by atoms with Gasteiger partial charge in [-0.2, -0.15) is 4.98 Å². The van der Waals surface area contributed by atoms with E-state index < -0.39 is 4.92 Å². The Morgan fingerprint density at radius 2 is 2.21 bits per heavy atom. The van der Waals surface area contributed by atoms with Crippen LogP contribution in [0.1, 0.15) is 12.6 Å². The highest BCUT2D eigenvalue weighted by molar-refractivity contribution is 5.62. The lowest BCUT2D eigenvalue weighted by atomic mass is 10.3. The Bertz CT molecular complexity index is 453. The van der Waals surface area contributed by atoms with Gasteiger partial charge >= 0.3 is 5.69 Å². The monoisotopic (exact) mass is 270 g/mol. The maximum Gasteiger partial charge on any atom is 0.332 e. The largest absolute Gasteiger partial charge is 0.383 e. The van der Waals surface area contributed by atoms with Crippen molar-refractivity contribution >= 4 is 17.5 Å². The number of nitrogens with two attached hydrogens (primary N) is 1. The summed E-state index contributed by atoms with van der Waals surface area (Å²) in [5.41, 5.74) is 2.46. The second kappa shape index (κ2) is 6.81. The number of nitrogen functional groups attached to an aromatic ring is 1. The van der Waals surface area contributed by atoms with Crippen molar-refractivity contribution in [2.45, 2.75) is 13.8 Å². The van der Waals surface area contributed by atoms with Crippen LogP contribution in [0.15, 0.2) is 0 Å². The van der Waals surface area contributed by atoms with Crippen LogP contribution in [0.2, 0.25) is 0 Å². The van der Waals surface area contributed by atoms with Gasteiger partial charge in [-0.05, 0) is 13.8 Å². The highest BCUT2D eigenvalue weighted by Gasteiger charge is 2.25. The number of nitrogens with zero attached hydrogens (tertiary/aromatic N) is 4. The number of hydrazine groups is 1. The molecule has 9 heteroatoms. The molecule has 1 heterocycles. The number of rotatable bonds is 7. The van der Waals surface area contributed by atoms with Crippen LogP contribution in [0.4, 0.5) is 17.5 Å². The zero-order valence-corrected chi connectivity index (χ0v) is 11.2. The van der Waals surface area contributed by atoms with Crippen LogP contribution < -0.4 is 16.2 Å². The first-order valence-electron chi connectivity index (χ1n) is 5.78. The Hall–Kier alpha value is -2.00. The van der Waals surface area contributed by atoms with E-state index in [-0.39, 0.29) is 23.1 Å². The number of anilines is 2. The molecule has 3 N–H and O–H groups in total. The molecule has 1 aromatic heterocycles. The summed E-state index contributed by atoms with van der Waals surface area (Å²) in [4.78, 5) is 20.4. The molecule has 19 heavy (non-hydrogen) atoms. The van der Waals surface area contributed by atoms with Gasteiger partial charge in [0.25, 0.3) is 0 Å². The maximum absolute atomic E-state index is 11.2. The summed E-state index contributed by atoms with van der Waals surface area (Å²) in [5, 5.41) is 11.2. The molecule has 1 aromatic rings. The SMILES string of the molecule is CCN(CCOC)c1nc(NN)nc(C)c1[N+](=O)[O-]. The van der Waals surface area contributed by atoms with Gasteiger partial charge in [0.2, 0.25) is 11.8 Å². The molecule has 0 aliphatic heterocycles. The van der Waals surface area contributed by atoms with Gasteiger partial charge in [-0.1, -0.05) is 0 Å².